The number of rotatable bonds is 7. The highest BCUT2D eigenvalue weighted by Crippen LogP contribution is 2.36. The first-order valence-corrected chi connectivity index (χ1v) is 12.5. The van der Waals surface area contributed by atoms with Gasteiger partial charge in [-0.3, -0.25) is 4.79 Å². The highest BCUT2D eigenvalue weighted by molar-refractivity contribution is 6.35. The molecule has 0 aliphatic carbocycles. The lowest BCUT2D eigenvalue weighted by Crippen LogP contribution is -2.03. The highest BCUT2D eigenvalue weighted by Gasteiger charge is 2.25. The molecule has 6 rings (SSSR count). The van der Waals surface area contributed by atoms with E-state index in [-0.39, 0.29) is 11.5 Å². The number of nitrogens with one attached hydrogen (secondary N) is 4. The van der Waals surface area contributed by atoms with Gasteiger partial charge in [0.05, 0.1) is 23.9 Å². The van der Waals surface area contributed by atoms with Crippen LogP contribution >= 0.6 is 0 Å². The molecule has 0 bridgehead atoms. The smallest absolute Gasteiger partial charge is 0.339 e. The number of methoxy groups -OCH3 is 1. The summed E-state index contributed by atoms with van der Waals surface area (Å²) in [5.41, 5.74) is 5.49. The lowest BCUT2D eigenvalue weighted by atomic mass is 10.1. The van der Waals surface area contributed by atoms with Gasteiger partial charge in [-0.2, -0.15) is 0 Å². The lowest BCUT2D eigenvalue weighted by Gasteiger charge is -2.09. The molecule has 1 aliphatic rings. The number of benzene rings is 3. The number of aromatic nitrogens is 4. The minimum absolute atomic E-state index is 0.0863. The fraction of sp³-hybridized carbons (Fsp3) is 0.0667. The van der Waals surface area contributed by atoms with Crippen molar-refractivity contribution in [2.45, 2.75) is 6.43 Å². The summed E-state index contributed by atoms with van der Waals surface area (Å²) in [5.74, 6) is 0.153. The van der Waals surface area contributed by atoms with E-state index >= 15 is 0 Å². The summed E-state index contributed by atoms with van der Waals surface area (Å²) in [5, 5.41) is 14.5. The molecular weight excluding hydrogens is 530 g/mol. The number of hydrogen-bond acceptors (Lipinski definition) is 6. The van der Waals surface area contributed by atoms with Crippen LogP contribution in [0.15, 0.2) is 79.0 Å². The van der Waals surface area contributed by atoms with Crippen LogP contribution in [0.25, 0.3) is 34.4 Å². The van der Waals surface area contributed by atoms with E-state index in [0.717, 1.165) is 22.5 Å². The second-order valence-electron chi connectivity index (χ2n) is 9.26. The molecule has 204 valence electrons. The van der Waals surface area contributed by atoms with Crippen molar-refractivity contribution in [2.24, 2.45) is 0 Å². The van der Waals surface area contributed by atoms with Gasteiger partial charge in [-0.15, -0.1) is 10.2 Å². The molecule has 0 radical (unpaired) electrons. The van der Waals surface area contributed by atoms with Crippen molar-refractivity contribution in [1.82, 2.24) is 20.2 Å². The van der Waals surface area contributed by atoms with Gasteiger partial charge in [-0.05, 0) is 42.5 Å². The minimum Gasteiger partial charge on any atom is -0.465 e. The standard InChI is InChI=1S/C30H22F2N6O3/c1-41-30(40)19-12-22(33-15-19)13-24-23-9-8-21(14-25(23)35-29(24)39)34-20-7-3-6-18(11-20)28-36-27(37-38-28)17-5-2-4-16(10-17)26(31)32/h2-15,26,33-34H,1H3,(H,35,39)(H,36,37,38). The predicted molar refractivity (Wildman–Crippen MR) is 151 cm³/mol. The Labute approximate surface area is 232 Å². The number of hydrogen-bond donors (Lipinski definition) is 4. The molecule has 0 saturated heterocycles. The van der Waals surface area contributed by atoms with E-state index in [1.807, 2.05) is 42.5 Å². The number of halogens is 2. The van der Waals surface area contributed by atoms with Crippen LogP contribution in [-0.2, 0) is 9.53 Å². The number of amides is 1. The molecule has 0 atom stereocenters. The van der Waals surface area contributed by atoms with Crippen molar-refractivity contribution in [3.63, 3.8) is 0 Å². The van der Waals surface area contributed by atoms with Crippen molar-refractivity contribution in [3.8, 4) is 22.8 Å². The van der Waals surface area contributed by atoms with Gasteiger partial charge in [0, 0.05) is 45.5 Å². The van der Waals surface area contributed by atoms with Crippen molar-refractivity contribution in [2.75, 3.05) is 17.7 Å². The number of esters is 1. The highest BCUT2D eigenvalue weighted by atomic mass is 19.3. The van der Waals surface area contributed by atoms with E-state index in [1.54, 1.807) is 24.3 Å². The Kier molecular flexibility index (Phi) is 6.60. The summed E-state index contributed by atoms with van der Waals surface area (Å²) in [7, 11) is 1.31. The van der Waals surface area contributed by atoms with Crippen molar-refractivity contribution >= 4 is 40.6 Å². The van der Waals surface area contributed by atoms with E-state index in [9.17, 15) is 18.4 Å². The molecule has 11 heteroatoms. The molecule has 0 unspecified atom stereocenters. The Morgan fingerprint density at radius 2 is 1.68 bits per heavy atom. The summed E-state index contributed by atoms with van der Waals surface area (Å²) in [6.07, 6.45) is 0.632. The Bertz CT molecular complexity index is 1820. The molecule has 0 spiro atoms. The largest absolute Gasteiger partial charge is 0.465 e. The van der Waals surface area contributed by atoms with Crippen LogP contribution in [0.4, 0.5) is 25.8 Å². The van der Waals surface area contributed by atoms with E-state index in [2.05, 4.69) is 30.8 Å². The van der Waals surface area contributed by atoms with E-state index in [1.165, 1.54) is 25.4 Å². The van der Waals surface area contributed by atoms with Gasteiger partial charge >= 0.3 is 5.97 Å². The van der Waals surface area contributed by atoms with Crippen LogP contribution in [0, 0.1) is 0 Å². The number of anilines is 3. The van der Waals surface area contributed by atoms with Crippen LogP contribution in [0.5, 0.6) is 0 Å². The molecule has 4 N–H and O–H groups in total. The Hall–Kier alpha value is -5.58. The lowest BCUT2D eigenvalue weighted by molar-refractivity contribution is -0.110. The number of H-pyrrole nitrogens is 2. The van der Waals surface area contributed by atoms with Crippen molar-refractivity contribution in [3.05, 3.63) is 101 Å². The molecule has 3 heterocycles. The Balaban J connectivity index is 1.21. The number of aromatic amines is 2. The molecular formula is C30H22F2N6O3. The van der Waals surface area contributed by atoms with Crippen LogP contribution < -0.4 is 10.6 Å². The van der Waals surface area contributed by atoms with Crippen LogP contribution in [0.1, 0.15) is 33.6 Å². The zero-order valence-corrected chi connectivity index (χ0v) is 21.5. The van der Waals surface area contributed by atoms with Gasteiger partial charge in [0.25, 0.3) is 12.3 Å². The number of fused-ring (bicyclic) bond motifs is 1. The quantitative estimate of drug-likeness (QED) is 0.136. The maximum Gasteiger partial charge on any atom is 0.339 e. The Morgan fingerprint density at radius 3 is 2.44 bits per heavy atom. The summed E-state index contributed by atoms with van der Waals surface area (Å²) in [6, 6.07) is 20.6. The Morgan fingerprint density at radius 1 is 0.951 bits per heavy atom. The van der Waals surface area contributed by atoms with E-state index in [0.29, 0.717) is 39.7 Å². The molecule has 0 saturated carbocycles. The number of carbonyl (C=O) groups is 2. The first kappa shape index (κ1) is 25.7. The predicted octanol–water partition coefficient (Wildman–Crippen LogP) is 6.43. The summed E-state index contributed by atoms with van der Waals surface area (Å²) >= 11 is 0. The van der Waals surface area contributed by atoms with Gasteiger partial charge in [0.15, 0.2) is 11.6 Å². The van der Waals surface area contributed by atoms with Gasteiger partial charge in [0.1, 0.15) is 0 Å². The molecule has 3 aromatic carbocycles. The van der Waals surface area contributed by atoms with Gasteiger partial charge in [-0.25, -0.2) is 13.6 Å². The maximum atomic E-state index is 13.1. The van der Waals surface area contributed by atoms with Crippen LogP contribution in [-0.4, -0.2) is 39.2 Å². The first-order valence-electron chi connectivity index (χ1n) is 12.5. The van der Waals surface area contributed by atoms with Crippen molar-refractivity contribution < 1.29 is 23.1 Å². The fourth-order valence-electron chi connectivity index (χ4n) is 4.56. The third-order valence-corrected chi connectivity index (χ3v) is 6.55. The zero-order chi connectivity index (χ0) is 28.5. The number of nitrogens with zero attached hydrogens (tertiary/aromatic N) is 2. The molecule has 41 heavy (non-hydrogen) atoms. The van der Waals surface area contributed by atoms with E-state index < -0.39 is 12.4 Å². The fourth-order valence-corrected chi connectivity index (χ4v) is 4.56. The molecule has 5 aromatic rings. The average molecular weight is 553 g/mol. The number of carbonyl (C=O) groups excluding carboxylic acids is 2. The SMILES string of the molecule is COC(=O)c1c[nH]c(C=C2C(=O)Nc3cc(Nc4cccc(-c5nnc(-c6cccc(C(F)F)c6)[nH]5)c4)ccc32)c1. The molecule has 2 aromatic heterocycles. The minimum atomic E-state index is -2.57. The van der Waals surface area contributed by atoms with Gasteiger partial charge in [-0.1, -0.05) is 36.4 Å². The van der Waals surface area contributed by atoms with Crippen LogP contribution in [0.3, 0.4) is 0 Å². The third-order valence-electron chi connectivity index (χ3n) is 6.55. The van der Waals surface area contributed by atoms with Crippen molar-refractivity contribution in [1.29, 1.82) is 0 Å². The summed E-state index contributed by atoms with van der Waals surface area (Å²) in [4.78, 5) is 30.5. The van der Waals surface area contributed by atoms with Crippen LogP contribution in [0.2, 0.25) is 0 Å². The second-order valence-corrected chi connectivity index (χ2v) is 9.26. The normalized spacial score (nSPS) is 13.4. The third kappa shape index (κ3) is 5.20. The summed E-state index contributed by atoms with van der Waals surface area (Å²) in [6.45, 7) is 0. The van der Waals surface area contributed by atoms with E-state index in [4.69, 9.17) is 4.74 Å². The molecule has 1 aliphatic heterocycles. The maximum absolute atomic E-state index is 13.1. The van der Waals surface area contributed by atoms with Gasteiger partial charge in [0.2, 0.25) is 0 Å². The second kappa shape index (κ2) is 10.5. The first-order chi connectivity index (χ1) is 19.9. The monoisotopic (exact) mass is 552 g/mol. The summed E-state index contributed by atoms with van der Waals surface area (Å²) < 4.78 is 30.9. The molecule has 9 nitrogen and oxygen atoms in total. The number of alkyl halides is 2. The molecule has 1 amide bonds. The average Bonchev–Trinajstić information content (AvgIpc) is 3.73. The molecule has 0 fully saturated rings. The zero-order valence-electron chi connectivity index (χ0n) is 21.5. The van der Waals surface area contributed by atoms with Gasteiger partial charge < -0.3 is 25.3 Å². The topological polar surface area (TPSA) is 125 Å². The number of ether oxygens (including phenoxy) is 1.